The van der Waals surface area contributed by atoms with Gasteiger partial charge in [-0.15, -0.1) is 0 Å². The Labute approximate surface area is 151 Å². The molecule has 0 aromatic carbocycles. The van der Waals surface area contributed by atoms with Crippen molar-refractivity contribution in [2.45, 2.75) is 89.4 Å². The van der Waals surface area contributed by atoms with Gasteiger partial charge < -0.3 is 20.4 Å². The van der Waals surface area contributed by atoms with Gasteiger partial charge in [-0.25, -0.2) is 0 Å². The molecular weight excluding hydrogens is 316 g/mol. The highest BCUT2D eigenvalue weighted by Crippen LogP contribution is 2.68. The van der Waals surface area contributed by atoms with E-state index in [9.17, 15) is 20.4 Å². The van der Waals surface area contributed by atoms with Crippen LogP contribution in [0.1, 0.15) is 71.6 Å². The molecule has 0 amide bonds. The maximum atomic E-state index is 11.3. The summed E-state index contributed by atoms with van der Waals surface area (Å²) in [6, 6.07) is 0. The molecule has 4 aliphatic carbocycles. The molecule has 0 heterocycles. The van der Waals surface area contributed by atoms with E-state index in [1.165, 1.54) is 12.8 Å². The third-order valence-electron chi connectivity index (χ3n) is 9.58. The topological polar surface area (TPSA) is 80.9 Å². The Bertz CT molecular complexity index is 524. The zero-order valence-electron chi connectivity index (χ0n) is 15.8. The molecule has 0 aliphatic heterocycles. The fourth-order valence-corrected chi connectivity index (χ4v) is 7.98. The highest BCUT2D eigenvalue weighted by Gasteiger charge is 2.66. The Morgan fingerprint density at radius 2 is 1.68 bits per heavy atom. The van der Waals surface area contributed by atoms with Crippen LogP contribution in [0, 0.1) is 34.5 Å². The lowest BCUT2D eigenvalue weighted by Crippen LogP contribution is -2.60. The van der Waals surface area contributed by atoms with Gasteiger partial charge in [0.05, 0.1) is 18.3 Å². The van der Waals surface area contributed by atoms with Gasteiger partial charge in [0.25, 0.3) is 0 Å². The summed E-state index contributed by atoms with van der Waals surface area (Å²) in [5, 5.41) is 41.3. The third-order valence-corrected chi connectivity index (χ3v) is 9.58. The van der Waals surface area contributed by atoms with E-state index in [-0.39, 0.29) is 18.1 Å². The quantitative estimate of drug-likeness (QED) is 0.615. The fourth-order valence-electron chi connectivity index (χ4n) is 7.98. The maximum absolute atomic E-state index is 11.3. The van der Waals surface area contributed by atoms with Gasteiger partial charge in [0.2, 0.25) is 0 Å². The average Bonchev–Trinajstić information content (AvgIpc) is 2.87. The van der Waals surface area contributed by atoms with E-state index in [0.717, 1.165) is 38.5 Å². The van der Waals surface area contributed by atoms with Gasteiger partial charge in [-0.2, -0.15) is 0 Å². The Hall–Kier alpha value is -0.160. The smallest absolute Gasteiger partial charge is 0.106 e. The molecule has 0 spiro atoms. The van der Waals surface area contributed by atoms with Crippen LogP contribution in [0.2, 0.25) is 0 Å². The fraction of sp³-hybridized carbons (Fsp3) is 1.00. The minimum absolute atomic E-state index is 0.111. The zero-order chi connectivity index (χ0) is 18.0. The van der Waals surface area contributed by atoms with Crippen molar-refractivity contribution in [2.24, 2.45) is 34.5 Å². The van der Waals surface area contributed by atoms with Crippen molar-refractivity contribution in [1.82, 2.24) is 0 Å². The Kier molecular flexibility index (Phi) is 4.31. The molecule has 4 saturated carbocycles. The second-order valence-electron chi connectivity index (χ2n) is 10.2. The van der Waals surface area contributed by atoms with Crippen LogP contribution in [0.4, 0.5) is 0 Å². The lowest BCUT2D eigenvalue weighted by molar-refractivity contribution is -0.196. The van der Waals surface area contributed by atoms with Crippen molar-refractivity contribution < 1.29 is 20.4 Å². The first-order valence-electron chi connectivity index (χ1n) is 10.5. The molecule has 0 bridgehead atoms. The number of rotatable bonds is 2. The third kappa shape index (κ3) is 2.33. The van der Waals surface area contributed by atoms with Gasteiger partial charge in [-0.3, -0.25) is 0 Å². The molecule has 0 aromatic rings. The van der Waals surface area contributed by atoms with E-state index in [2.05, 4.69) is 13.8 Å². The van der Waals surface area contributed by atoms with Crippen molar-refractivity contribution in [2.75, 3.05) is 6.61 Å². The van der Waals surface area contributed by atoms with Crippen LogP contribution < -0.4 is 0 Å². The predicted molar refractivity (Wildman–Crippen MR) is 95.8 cm³/mol. The molecule has 0 saturated heterocycles. The van der Waals surface area contributed by atoms with E-state index >= 15 is 0 Å². The summed E-state index contributed by atoms with van der Waals surface area (Å²) in [6.45, 7) is 4.27. The van der Waals surface area contributed by atoms with Crippen molar-refractivity contribution in [3.63, 3.8) is 0 Å². The highest BCUT2D eigenvalue weighted by atomic mass is 16.4. The molecular formula is C21H36O4. The summed E-state index contributed by atoms with van der Waals surface area (Å²) in [6.07, 6.45) is 7.92. The SMILES string of the molecule is C[C@]12CC[C@H](O)C[C@@H]1CC[C@@H]1[C@@H]2CC[C@@]2(C)[C@H]1CC[C@]2(O)[C@@H](O)CO. The highest BCUT2D eigenvalue weighted by molar-refractivity contribution is 5.15. The van der Waals surface area contributed by atoms with Crippen LogP contribution in [-0.2, 0) is 0 Å². The van der Waals surface area contributed by atoms with E-state index in [4.69, 9.17) is 0 Å². The number of fused-ring (bicyclic) bond motifs is 5. The predicted octanol–water partition coefficient (Wildman–Crippen LogP) is 2.47. The maximum Gasteiger partial charge on any atom is 0.106 e. The number of hydrogen-bond acceptors (Lipinski definition) is 4. The Morgan fingerprint density at radius 3 is 2.40 bits per heavy atom. The largest absolute Gasteiger partial charge is 0.394 e. The summed E-state index contributed by atoms with van der Waals surface area (Å²) in [7, 11) is 0. The second-order valence-corrected chi connectivity index (χ2v) is 10.2. The van der Waals surface area contributed by atoms with Crippen LogP contribution in [0.5, 0.6) is 0 Å². The molecule has 25 heavy (non-hydrogen) atoms. The summed E-state index contributed by atoms with van der Waals surface area (Å²) in [4.78, 5) is 0. The number of aliphatic hydroxyl groups is 4. The van der Waals surface area contributed by atoms with Gasteiger partial charge in [0.1, 0.15) is 6.10 Å². The lowest BCUT2D eigenvalue weighted by Gasteiger charge is -2.61. The first-order valence-corrected chi connectivity index (χ1v) is 10.5. The second kappa shape index (κ2) is 5.92. The molecule has 0 radical (unpaired) electrons. The van der Waals surface area contributed by atoms with Crippen LogP contribution >= 0.6 is 0 Å². The average molecular weight is 353 g/mol. The normalized spacial score (nSPS) is 56.6. The van der Waals surface area contributed by atoms with Crippen molar-refractivity contribution >= 4 is 0 Å². The molecule has 4 N–H and O–H groups in total. The first kappa shape index (κ1) is 18.2. The molecule has 144 valence electrons. The van der Waals surface area contributed by atoms with Gasteiger partial charge in [-0.05, 0) is 86.9 Å². The summed E-state index contributed by atoms with van der Waals surface area (Å²) >= 11 is 0. The minimum Gasteiger partial charge on any atom is -0.394 e. The molecule has 4 fully saturated rings. The standard InChI is InChI=1S/C21H36O4/c1-19-8-5-14(23)11-13(19)3-4-15-16(19)6-9-20(2)17(15)7-10-21(20,25)18(24)12-22/h13-18,22-25H,3-12H2,1-2H3/t13-,14-,15+,16-,17-,18-,19-,20-,21-/m0/s1. The number of aliphatic hydroxyl groups excluding tert-OH is 3. The summed E-state index contributed by atoms with van der Waals surface area (Å²) < 4.78 is 0. The molecule has 4 nitrogen and oxygen atoms in total. The zero-order valence-corrected chi connectivity index (χ0v) is 15.8. The van der Waals surface area contributed by atoms with Crippen molar-refractivity contribution in [3.8, 4) is 0 Å². The van der Waals surface area contributed by atoms with Crippen LogP contribution in [-0.4, -0.2) is 44.8 Å². The Balaban J connectivity index is 1.62. The number of hydrogen-bond donors (Lipinski definition) is 4. The molecule has 4 heteroatoms. The van der Waals surface area contributed by atoms with Crippen molar-refractivity contribution in [3.05, 3.63) is 0 Å². The van der Waals surface area contributed by atoms with E-state index in [1.54, 1.807) is 0 Å². The van der Waals surface area contributed by atoms with E-state index in [0.29, 0.717) is 35.5 Å². The molecule has 0 unspecified atom stereocenters. The van der Waals surface area contributed by atoms with Crippen molar-refractivity contribution in [1.29, 1.82) is 0 Å². The van der Waals surface area contributed by atoms with Crippen LogP contribution in [0.25, 0.3) is 0 Å². The summed E-state index contributed by atoms with van der Waals surface area (Å²) in [5.41, 5.74) is -1.09. The molecule has 0 aromatic heterocycles. The summed E-state index contributed by atoms with van der Waals surface area (Å²) in [5.74, 6) is 2.40. The van der Waals surface area contributed by atoms with E-state index in [1.807, 2.05) is 0 Å². The monoisotopic (exact) mass is 352 g/mol. The Morgan fingerprint density at radius 1 is 0.960 bits per heavy atom. The van der Waals surface area contributed by atoms with Crippen LogP contribution in [0.3, 0.4) is 0 Å². The molecule has 9 atom stereocenters. The van der Waals surface area contributed by atoms with Gasteiger partial charge in [0, 0.05) is 5.41 Å². The molecule has 4 aliphatic rings. The van der Waals surface area contributed by atoms with Gasteiger partial charge >= 0.3 is 0 Å². The van der Waals surface area contributed by atoms with Gasteiger partial charge in [0.15, 0.2) is 0 Å². The minimum atomic E-state index is -1.14. The first-order chi connectivity index (χ1) is 11.8. The molecule has 4 rings (SSSR count). The van der Waals surface area contributed by atoms with Crippen LogP contribution in [0.15, 0.2) is 0 Å². The van der Waals surface area contributed by atoms with E-state index < -0.39 is 11.7 Å². The lowest BCUT2D eigenvalue weighted by atomic mass is 9.44. The van der Waals surface area contributed by atoms with Gasteiger partial charge in [-0.1, -0.05) is 13.8 Å².